The summed E-state index contributed by atoms with van der Waals surface area (Å²) in [6, 6.07) is 34.0. The number of carbonyl (C=O) groups is 3. The third kappa shape index (κ3) is 18.6. The lowest BCUT2D eigenvalue weighted by molar-refractivity contribution is -0.173. The number of amides is 3. The van der Waals surface area contributed by atoms with Crippen molar-refractivity contribution >= 4 is 52.5 Å². The number of hydrogen-bond acceptors (Lipinski definition) is 13. The van der Waals surface area contributed by atoms with Crippen molar-refractivity contribution in [2.24, 2.45) is 0 Å². The summed E-state index contributed by atoms with van der Waals surface area (Å²) in [5, 5.41) is 21.5. The van der Waals surface area contributed by atoms with Gasteiger partial charge in [-0.25, -0.2) is 4.98 Å². The van der Waals surface area contributed by atoms with Gasteiger partial charge in [0.25, 0.3) is 23.3 Å². The number of halogens is 12. The number of alkyl halides is 9. The van der Waals surface area contributed by atoms with E-state index in [1.54, 1.807) is 83.4 Å². The Morgan fingerprint density at radius 3 is 1.29 bits per heavy atom. The summed E-state index contributed by atoms with van der Waals surface area (Å²) < 4.78 is 136. The number of aromatic nitrogens is 6. The fourth-order valence-electron chi connectivity index (χ4n) is 15.9. The summed E-state index contributed by atoms with van der Waals surface area (Å²) in [4.78, 5) is 96.6. The van der Waals surface area contributed by atoms with Crippen LogP contribution in [-0.4, -0.2) is 135 Å². The summed E-state index contributed by atoms with van der Waals surface area (Å²) in [5.74, 6) is -3.92. The molecule has 3 N–H and O–H groups in total. The lowest BCUT2D eigenvalue weighted by atomic mass is 9.76. The zero-order chi connectivity index (χ0) is 80.0. The van der Waals surface area contributed by atoms with Crippen LogP contribution in [0.5, 0.6) is 17.2 Å². The molecule has 5 heterocycles. The van der Waals surface area contributed by atoms with Crippen LogP contribution in [0.2, 0.25) is 15.1 Å². The van der Waals surface area contributed by atoms with Crippen LogP contribution in [0.15, 0.2) is 148 Å². The third-order valence-corrected chi connectivity index (χ3v) is 22.8. The molecule has 31 heteroatoms. The van der Waals surface area contributed by atoms with Gasteiger partial charge < -0.3 is 48.5 Å². The first-order chi connectivity index (χ1) is 52.7. The first-order valence-electron chi connectivity index (χ1n) is 36.6. The molecule has 19 nitrogen and oxygen atoms in total. The van der Waals surface area contributed by atoms with E-state index in [4.69, 9.17) is 44.3 Å². The largest absolute Gasteiger partial charge is 0.501 e. The van der Waals surface area contributed by atoms with E-state index >= 15 is 0 Å². The van der Waals surface area contributed by atoms with Crippen molar-refractivity contribution in [2.45, 2.75) is 196 Å². The van der Waals surface area contributed by atoms with Gasteiger partial charge in [0.2, 0.25) is 17.2 Å². The molecule has 592 valence electrons. The molecule has 0 bridgehead atoms. The number of H-pyrrole nitrogens is 1. The fourth-order valence-corrected chi connectivity index (χ4v) is 16.3. The predicted octanol–water partition coefficient (Wildman–Crippen LogP) is 15.4. The summed E-state index contributed by atoms with van der Waals surface area (Å²) in [6.45, 7) is 0.948. The predicted molar refractivity (Wildman–Crippen MR) is 398 cm³/mol. The smallest absolute Gasteiger partial charge is 0.408 e. The van der Waals surface area contributed by atoms with E-state index in [9.17, 15) is 78.5 Å². The molecule has 8 aromatic rings. The summed E-state index contributed by atoms with van der Waals surface area (Å²) in [6.07, 6.45) is -2.18. The van der Waals surface area contributed by atoms with E-state index in [1.807, 2.05) is 54.6 Å². The van der Waals surface area contributed by atoms with Crippen LogP contribution in [0.3, 0.4) is 0 Å². The maximum atomic E-state index is 13.7. The monoisotopic (exact) mass is 1610 g/mol. The van der Waals surface area contributed by atoms with Gasteiger partial charge in [0.15, 0.2) is 17.1 Å². The van der Waals surface area contributed by atoms with Gasteiger partial charge in [-0.3, -0.25) is 28.8 Å². The van der Waals surface area contributed by atoms with Crippen molar-refractivity contribution in [1.82, 2.24) is 43.8 Å². The molecular weight excluding hydrogens is 1520 g/mol. The van der Waals surface area contributed by atoms with Gasteiger partial charge in [0, 0.05) is 83.3 Å². The van der Waals surface area contributed by atoms with Crippen molar-refractivity contribution in [3.05, 3.63) is 242 Å². The van der Waals surface area contributed by atoms with Gasteiger partial charge >= 0.3 is 29.6 Å². The molecule has 0 saturated heterocycles. The highest BCUT2D eigenvalue weighted by Crippen LogP contribution is 2.48. The Labute approximate surface area is 648 Å². The SMILES string of the molecule is CC(N(CCO)C(=O)c1nc(CC2(c3ccc(Cl)cc3)CCCC2)[nH]c(=O)c1OCc1ccccc1)C(F)(F)F.CC(N1CCn2c(CC3(c4ccc(Cl)cc4)CCCC3)nc(=O)c(O)c2C1=O)C(F)(F)F.CC(N1CCn2c(CC3(c4ccc(Cl)cc4)CCCC3)nc(=O)c(OCc3ccccc3)c2C1=O)C(F)(F)F. The first-order valence-corrected chi connectivity index (χ1v) is 37.7. The highest BCUT2D eigenvalue weighted by atomic mass is 35.5. The molecule has 0 radical (unpaired) electrons. The highest BCUT2D eigenvalue weighted by molar-refractivity contribution is 6.31. The highest BCUT2D eigenvalue weighted by Gasteiger charge is 2.49. The molecule has 111 heavy (non-hydrogen) atoms. The van der Waals surface area contributed by atoms with Crippen LogP contribution >= 0.6 is 34.8 Å². The standard InChI is InChI=1S/C29H31ClF3N3O4.C29H29ClF3N3O3.C22H23ClF3N3O3/c1-19(29(31,32)33)36(15-16-37)27(39)24-25(40-18-20-7-3-2-4-8-20)26(38)35-23(34-24)17-28(13-5-6-14-28)21-9-11-22(30)12-10-21;1-19(29(31,32)33)35-15-16-36-23(17-28(13-5-6-14-28)21-9-11-22(30)12-10-21)34-26(37)25(24(36)27(35)38)39-18-20-7-3-2-4-8-20;1-13(22(24,25)26)28-10-11-29-16(27-19(31)18(30)17(29)20(28)32)12-21(8-2-3-9-21)14-4-6-15(23)7-5-14/h2-4,7-12,19,37H,5-6,13-18H2,1H3,(H,34,35,38);2-4,7-12,19H,5-6,13-18H2,1H3;4-7,13,30H,2-3,8-12H2,1H3. The quantitative estimate of drug-likeness (QED) is 0.0569. The molecule has 3 unspecified atom stereocenters. The molecular formula is C80H83Cl3F9N9O10. The number of fused-ring (bicyclic) bond motifs is 2. The molecule has 3 amide bonds. The van der Waals surface area contributed by atoms with Crippen LogP contribution in [0.4, 0.5) is 39.5 Å². The van der Waals surface area contributed by atoms with Gasteiger partial charge in [-0.2, -0.15) is 49.5 Å². The van der Waals surface area contributed by atoms with Gasteiger partial charge in [0.05, 0.1) is 6.61 Å². The Morgan fingerprint density at radius 2 is 0.892 bits per heavy atom. The number of carbonyl (C=O) groups excluding carboxylic acids is 3. The van der Waals surface area contributed by atoms with E-state index in [0.29, 0.717) is 54.9 Å². The van der Waals surface area contributed by atoms with Crippen molar-refractivity contribution < 1.29 is 73.6 Å². The molecule has 3 fully saturated rings. The number of aromatic hydroxyl groups is 1. The number of ether oxygens (including phenoxy) is 2. The number of benzene rings is 5. The Morgan fingerprint density at radius 1 is 0.514 bits per heavy atom. The molecule has 5 aliphatic rings. The Bertz CT molecular complexity index is 4800. The number of hydrogen-bond donors (Lipinski definition) is 3. The average Bonchev–Trinajstić information content (AvgIpc) is 1.30. The minimum atomic E-state index is -4.76. The Balaban J connectivity index is 0.000000166. The fraction of sp³-hybridized carbons (Fsp3) is 0.438. The average molecular weight is 1610 g/mol. The second-order valence-electron chi connectivity index (χ2n) is 29.0. The van der Waals surface area contributed by atoms with Crippen molar-refractivity contribution in [1.29, 1.82) is 0 Å². The molecule has 3 saturated carbocycles. The van der Waals surface area contributed by atoms with Gasteiger partial charge in [-0.05, 0) is 124 Å². The van der Waals surface area contributed by atoms with Crippen LogP contribution in [0.1, 0.15) is 175 Å². The minimum absolute atomic E-state index is 0.00830. The molecule has 3 aromatic heterocycles. The first kappa shape index (κ1) is 82.7. The second kappa shape index (κ2) is 34.4. The number of nitrogens with zero attached hydrogens (tertiary/aromatic N) is 8. The van der Waals surface area contributed by atoms with Crippen LogP contribution < -0.4 is 26.2 Å². The zero-order valence-corrected chi connectivity index (χ0v) is 63.2. The maximum absolute atomic E-state index is 13.7. The van der Waals surface area contributed by atoms with E-state index < -0.39 is 113 Å². The van der Waals surface area contributed by atoms with Crippen molar-refractivity contribution in [3.63, 3.8) is 0 Å². The van der Waals surface area contributed by atoms with Gasteiger partial charge in [-0.1, -0.05) is 170 Å². The molecule has 2 aliphatic heterocycles. The van der Waals surface area contributed by atoms with Crippen molar-refractivity contribution in [3.8, 4) is 17.2 Å². The van der Waals surface area contributed by atoms with Crippen LogP contribution in [0, 0.1) is 0 Å². The normalized spacial score (nSPS) is 17.3. The second-order valence-corrected chi connectivity index (χ2v) is 30.3. The van der Waals surface area contributed by atoms with Crippen molar-refractivity contribution in [2.75, 3.05) is 26.2 Å². The van der Waals surface area contributed by atoms with Gasteiger partial charge in [0.1, 0.15) is 48.8 Å². The van der Waals surface area contributed by atoms with E-state index in [-0.39, 0.29) is 73.9 Å². The number of nitrogens with one attached hydrogen (secondary N) is 1. The Hall–Kier alpha value is -9.25. The lowest BCUT2D eigenvalue weighted by Crippen LogP contribution is -2.52. The summed E-state index contributed by atoms with van der Waals surface area (Å²) >= 11 is 18.3. The summed E-state index contributed by atoms with van der Waals surface area (Å²) in [7, 11) is 0. The van der Waals surface area contributed by atoms with Crippen LogP contribution in [-0.2, 0) is 61.8 Å². The molecule has 0 spiro atoms. The van der Waals surface area contributed by atoms with Gasteiger partial charge in [-0.15, -0.1) is 0 Å². The van der Waals surface area contributed by atoms with E-state index in [0.717, 1.165) is 125 Å². The zero-order valence-electron chi connectivity index (χ0n) is 61.0. The minimum Gasteiger partial charge on any atom is -0.501 e. The number of aromatic amines is 1. The molecule has 3 aliphatic carbocycles. The van der Waals surface area contributed by atoms with E-state index in [2.05, 4.69) is 19.9 Å². The lowest BCUT2D eigenvalue weighted by Gasteiger charge is -2.37. The molecule has 5 aromatic carbocycles. The molecule has 13 rings (SSSR count). The van der Waals surface area contributed by atoms with E-state index in [1.165, 1.54) is 4.57 Å². The third-order valence-electron chi connectivity index (χ3n) is 22.1. The summed E-state index contributed by atoms with van der Waals surface area (Å²) in [5.41, 5.74) is -0.172. The number of aliphatic hydroxyl groups is 1. The maximum Gasteiger partial charge on any atom is 0.408 e. The molecule has 3 atom stereocenters. The van der Waals surface area contributed by atoms with Crippen LogP contribution in [0.25, 0.3) is 0 Å². The topological polar surface area (TPSA) is 235 Å². The number of rotatable bonds is 21. The Kier molecular flexibility index (Phi) is 25.6. The number of aliphatic hydroxyl groups excluding tert-OH is 1.